The van der Waals surface area contributed by atoms with Gasteiger partial charge in [0.05, 0.1) is 19.8 Å². The van der Waals surface area contributed by atoms with Crippen LogP contribution >= 0.6 is 0 Å². The standard InChI is InChI=1S/C17H25N7O/c1-22-15(13-23-8-10-25-11-9-23)20-21-16(22)14-4-2-7-24(12-14)17-18-5-3-6-19-17/h3,5-6,14H,2,4,7-13H2,1H3/t14-/m1/s1. The van der Waals surface area contributed by atoms with Crippen molar-refractivity contribution in [3.8, 4) is 0 Å². The van der Waals surface area contributed by atoms with Crippen molar-refractivity contribution >= 4 is 5.95 Å². The van der Waals surface area contributed by atoms with Crippen molar-refractivity contribution in [2.24, 2.45) is 7.05 Å². The minimum absolute atomic E-state index is 0.369. The number of ether oxygens (including phenoxy) is 1. The zero-order valence-corrected chi connectivity index (χ0v) is 14.7. The number of piperidine rings is 1. The average molecular weight is 343 g/mol. The van der Waals surface area contributed by atoms with Crippen LogP contribution < -0.4 is 4.90 Å². The third-order valence-electron chi connectivity index (χ3n) is 5.09. The van der Waals surface area contributed by atoms with E-state index in [1.807, 2.05) is 6.07 Å². The smallest absolute Gasteiger partial charge is 0.225 e. The Morgan fingerprint density at radius 3 is 2.72 bits per heavy atom. The van der Waals surface area contributed by atoms with Crippen molar-refractivity contribution in [1.82, 2.24) is 29.6 Å². The molecule has 0 unspecified atom stereocenters. The molecular formula is C17H25N7O. The molecule has 0 aromatic carbocycles. The molecule has 0 saturated carbocycles. The van der Waals surface area contributed by atoms with Crippen LogP contribution in [0.1, 0.15) is 30.4 Å². The van der Waals surface area contributed by atoms with E-state index in [2.05, 4.69) is 41.6 Å². The highest BCUT2D eigenvalue weighted by Crippen LogP contribution is 2.27. The van der Waals surface area contributed by atoms with E-state index < -0.39 is 0 Å². The van der Waals surface area contributed by atoms with Gasteiger partial charge in [0.2, 0.25) is 5.95 Å². The lowest BCUT2D eigenvalue weighted by Gasteiger charge is -2.32. The van der Waals surface area contributed by atoms with E-state index in [1.54, 1.807) is 12.4 Å². The molecule has 2 aromatic heterocycles. The Bertz CT molecular complexity index is 684. The second-order valence-electron chi connectivity index (χ2n) is 6.76. The van der Waals surface area contributed by atoms with Gasteiger partial charge in [-0.3, -0.25) is 4.90 Å². The quantitative estimate of drug-likeness (QED) is 0.814. The minimum atomic E-state index is 0.369. The normalized spacial score (nSPS) is 22.3. The van der Waals surface area contributed by atoms with E-state index in [0.717, 1.165) is 76.4 Å². The molecule has 2 fully saturated rings. The number of hydrogen-bond donors (Lipinski definition) is 0. The summed E-state index contributed by atoms with van der Waals surface area (Å²) < 4.78 is 7.60. The lowest BCUT2D eigenvalue weighted by atomic mass is 9.97. The highest BCUT2D eigenvalue weighted by molar-refractivity contribution is 5.30. The second kappa shape index (κ2) is 7.45. The number of rotatable bonds is 4. The zero-order valence-electron chi connectivity index (χ0n) is 14.7. The van der Waals surface area contributed by atoms with Crippen LogP contribution in [0.3, 0.4) is 0 Å². The van der Waals surface area contributed by atoms with Crippen LogP contribution in [0.2, 0.25) is 0 Å². The first-order valence-electron chi connectivity index (χ1n) is 9.01. The molecule has 2 aliphatic rings. The number of nitrogens with zero attached hydrogens (tertiary/aromatic N) is 7. The van der Waals surface area contributed by atoms with Crippen LogP contribution in [-0.4, -0.2) is 69.0 Å². The lowest BCUT2D eigenvalue weighted by molar-refractivity contribution is 0.0326. The number of morpholine rings is 1. The Hall–Kier alpha value is -2.06. The van der Waals surface area contributed by atoms with Crippen molar-refractivity contribution in [2.45, 2.75) is 25.3 Å². The Kier molecular flexibility index (Phi) is 4.89. The Morgan fingerprint density at radius 1 is 1.12 bits per heavy atom. The minimum Gasteiger partial charge on any atom is -0.379 e. The highest BCUT2D eigenvalue weighted by Gasteiger charge is 2.27. The maximum Gasteiger partial charge on any atom is 0.225 e. The van der Waals surface area contributed by atoms with Gasteiger partial charge in [0.25, 0.3) is 0 Å². The van der Waals surface area contributed by atoms with E-state index in [9.17, 15) is 0 Å². The van der Waals surface area contributed by atoms with E-state index in [1.165, 1.54) is 0 Å². The first-order chi connectivity index (χ1) is 12.3. The molecule has 0 bridgehead atoms. The molecule has 25 heavy (non-hydrogen) atoms. The van der Waals surface area contributed by atoms with Crippen LogP contribution in [0.15, 0.2) is 18.5 Å². The summed E-state index contributed by atoms with van der Waals surface area (Å²) in [6, 6.07) is 1.85. The third kappa shape index (κ3) is 3.64. The molecule has 0 N–H and O–H groups in total. The summed E-state index contributed by atoms with van der Waals surface area (Å²) in [5.74, 6) is 3.28. The van der Waals surface area contributed by atoms with Crippen LogP contribution in [0, 0.1) is 0 Å². The molecule has 8 heteroatoms. The van der Waals surface area contributed by atoms with Gasteiger partial charge < -0.3 is 14.2 Å². The molecular weight excluding hydrogens is 318 g/mol. The van der Waals surface area contributed by atoms with Gasteiger partial charge >= 0.3 is 0 Å². The first-order valence-corrected chi connectivity index (χ1v) is 9.01. The van der Waals surface area contributed by atoms with Crippen molar-refractivity contribution in [2.75, 3.05) is 44.3 Å². The van der Waals surface area contributed by atoms with Gasteiger partial charge in [-0.2, -0.15) is 0 Å². The molecule has 8 nitrogen and oxygen atoms in total. The predicted octanol–water partition coefficient (Wildman–Crippen LogP) is 0.821. The topological polar surface area (TPSA) is 72.2 Å². The third-order valence-corrected chi connectivity index (χ3v) is 5.09. The summed E-state index contributed by atoms with van der Waals surface area (Å²) in [5, 5.41) is 8.98. The zero-order chi connectivity index (χ0) is 17.1. The molecule has 0 aliphatic carbocycles. The van der Waals surface area contributed by atoms with Crippen molar-refractivity contribution < 1.29 is 4.74 Å². The van der Waals surface area contributed by atoms with Crippen LogP contribution in [0.4, 0.5) is 5.95 Å². The lowest BCUT2D eigenvalue weighted by Crippen LogP contribution is -2.37. The van der Waals surface area contributed by atoms with Gasteiger partial charge in [-0.25, -0.2) is 9.97 Å². The molecule has 134 valence electrons. The molecule has 2 saturated heterocycles. The molecule has 4 heterocycles. The van der Waals surface area contributed by atoms with E-state index in [4.69, 9.17) is 4.74 Å². The van der Waals surface area contributed by atoms with Crippen molar-refractivity contribution in [3.05, 3.63) is 30.1 Å². The molecule has 2 aliphatic heterocycles. The van der Waals surface area contributed by atoms with Crippen LogP contribution in [0.25, 0.3) is 0 Å². The van der Waals surface area contributed by atoms with Crippen LogP contribution in [-0.2, 0) is 18.3 Å². The molecule has 1 atom stereocenters. The Morgan fingerprint density at radius 2 is 1.92 bits per heavy atom. The number of anilines is 1. The van der Waals surface area contributed by atoms with E-state index >= 15 is 0 Å². The summed E-state index contributed by atoms with van der Waals surface area (Å²) in [6.45, 7) is 6.27. The summed E-state index contributed by atoms with van der Waals surface area (Å²) in [7, 11) is 2.09. The fraction of sp³-hybridized carbons (Fsp3) is 0.647. The monoisotopic (exact) mass is 343 g/mol. The fourth-order valence-electron chi connectivity index (χ4n) is 3.65. The molecule has 2 aromatic rings. The molecule has 0 amide bonds. The maximum atomic E-state index is 5.42. The van der Waals surface area contributed by atoms with Gasteiger partial charge in [0.15, 0.2) is 0 Å². The average Bonchev–Trinajstić information content (AvgIpc) is 3.04. The molecule has 0 spiro atoms. The van der Waals surface area contributed by atoms with Crippen LogP contribution in [0.5, 0.6) is 0 Å². The van der Waals surface area contributed by atoms with Gasteiger partial charge in [-0.05, 0) is 18.9 Å². The highest BCUT2D eigenvalue weighted by atomic mass is 16.5. The first kappa shape index (κ1) is 16.4. The maximum absolute atomic E-state index is 5.42. The summed E-state index contributed by atoms with van der Waals surface area (Å²) in [6.07, 6.45) is 5.85. The number of aromatic nitrogens is 5. The van der Waals surface area contributed by atoms with Gasteiger partial charge in [0, 0.05) is 51.5 Å². The van der Waals surface area contributed by atoms with E-state index in [-0.39, 0.29) is 0 Å². The van der Waals surface area contributed by atoms with Crippen molar-refractivity contribution in [3.63, 3.8) is 0 Å². The van der Waals surface area contributed by atoms with E-state index in [0.29, 0.717) is 5.92 Å². The van der Waals surface area contributed by atoms with Gasteiger partial charge in [0.1, 0.15) is 11.6 Å². The molecule has 0 radical (unpaired) electrons. The SMILES string of the molecule is Cn1c(CN2CCOCC2)nnc1[C@@H]1CCCN(c2ncccn2)C1. The summed E-state index contributed by atoms with van der Waals surface area (Å²) in [4.78, 5) is 13.4. The Balaban J connectivity index is 1.46. The molecule has 4 rings (SSSR count). The Labute approximate surface area is 147 Å². The second-order valence-corrected chi connectivity index (χ2v) is 6.76. The number of hydrogen-bond acceptors (Lipinski definition) is 7. The predicted molar refractivity (Wildman–Crippen MR) is 93.3 cm³/mol. The summed E-state index contributed by atoms with van der Waals surface area (Å²) in [5.41, 5.74) is 0. The van der Waals surface area contributed by atoms with Gasteiger partial charge in [-0.1, -0.05) is 0 Å². The fourth-order valence-corrected chi connectivity index (χ4v) is 3.65. The summed E-state index contributed by atoms with van der Waals surface area (Å²) >= 11 is 0. The van der Waals surface area contributed by atoms with Gasteiger partial charge in [-0.15, -0.1) is 10.2 Å². The van der Waals surface area contributed by atoms with Crippen molar-refractivity contribution in [1.29, 1.82) is 0 Å². The largest absolute Gasteiger partial charge is 0.379 e.